The Kier molecular flexibility index (Phi) is 8.51. The molecule has 2 heterocycles. The first-order valence-corrected chi connectivity index (χ1v) is 17.4. The number of alkyl halides is 6. The van der Waals surface area contributed by atoms with Gasteiger partial charge in [-0.3, -0.25) is 0 Å². The molecule has 0 aliphatic heterocycles. The third kappa shape index (κ3) is 5.86. The van der Waals surface area contributed by atoms with E-state index in [9.17, 15) is 0 Å². The highest BCUT2D eigenvalue weighted by Gasteiger charge is 2.72. The number of allylic oxidation sites excluding steroid dienone is 4. The number of fused-ring (bicyclic) bond motifs is 3. The molecule has 1 aliphatic carbocycles. The predicted molar refractivity (Wildman–Crippen MR) is 200 cm³/mol. The van der Waals surface area contributed by atoms with Gasteiger partial charge in [-0.1, -0.05) is 108 Å². The van der Waals surface area contributed by atoms with E-state index in [1.54, 1.807) is 0 Å². The Morgan fingerprint density at radius 1 is 0.537 bits per heavy atom. The van der Waals surface area contributed by atoms with Crippen LogP contribution >= 0.6 is 0 Å². The van der Waals surface area contributed by atoms with Crippen LogP contribution in [0, 0.1) is 13.8 Å². The Balaban J connectivity index is 1.24. The topological polar surface area (TPSA) is 43.6 Å². The van der Waals surface area contributed by atoms with Gasteiger partial charge in [0.1, 0.15) is 0 Å². The summed E-state index contributed by atoms with van der Waals surface area (Å²) in [7, 11) is 0. The highest BCUT2D eigenvalue weighted by atomic mass is 19.4. The van der Waals surface area contributed by atoms with Crippen molar-refractivity contribution in [3.8, 4) is 28.5 Å². The van der Waals surface area contributed by atoms with Crippen molar-refractivity contribution < 1.29 is 26.3 Å². The summed E-state index contributed by atoms with van der Waals surface area (Å²) in [6.45, 7) is 3.92. The lowest BCUT2D eigenvalue weighted by Gasteiger charge is -2.38. The normalized spacial score (nSPS) is 13.8. The smallest absolute Gasteiger partial charge is 0.309 e. The van der Waals surface area contributed by atoms with Gasteiger partial charge in [0.15, 0.2) is 17.5 Å². The van der Waals surface area contributed by atoms with E-state index in [-0.39, 0.29) is 11.4 Å². The van der Waals surface area contributed by atoms with Crippen LogP contribution in [0.5, 0.6) is 0 Å². The zero-order valence-electron chi connectivity index (χ0n) is 29.2. The average molecular weight is 731 g/mol. The molecule has 2 aromatic heterocycles. The second kappa shape index (κ2) is 13.1. The molecule has 7 aromatic rings. The van der Waals surface area contributed by atoms with Crippen LogP contribution < -0.4 is 0 Å². The fourth-order valence-electron chi connectivity index (χ4n) is 7.37. The lowest BCUT2D eigenvalue weighted by Crippen LogP contribution is -2.54. The number of halogens is 6. The van der Waals surface area contributed by atoms with Crippen molar-refractivity contribution in [1.29, 1.82) is 0 Å². The minimum Gasteiger partial charge on any atom is -0.309 e. The van der Waals surface area contributed by atoms with E-state index in [0.717, 1.165) is 75.6 Å². The van der Waals surface area contributed by atoms with E-state index in [0.29, 0.717) is 22.9 Å². The van der Waals surface area contributed by atoms with Gasteiger partial charge in [0, 0.05) is 33.2 Å². The van der Waals surface area contributed by atoms with Crippen LogP contribution in [0.3, 0.4) is 0 Å². The van der Waals surface area contributed by atoms with E-state index < -0.39 is 28.9 Å². The van der Waals surface area contributed by atoms with Crippen LogP contribution in [0.2, 0.25) is 0 Å². The van der Waals surface area contributed by atoms with Gasteiger partial charge < -0.3 is 4.57 Å². The van der Waals surface area contributed by atoms with Crippen molar-refractivity contribution in [1.82, 2.24) is 19.5 Å². The quantitative estimate of drug-likeness (QED) is 0.160. The van der Waals surface area contributed by atoms with E-state index in [1.807, 2.05) is 103 Å². The van der Waals surface area contributed by atoms with E-state index in [1.165, 1.54) is 24.3 Å². The van der Waals surface area contributed by atoms with Gasteiger partial charge in [-0.15, -0.1) is 0 Å². The zero-order chi connectivity index (χ0) is 37.8. The molecule has 1 aliphatic rings. The summed E-state index contributed by atoms with van der Waals surface area (Å²) >= 11 is 0. The predicted octanol–water partition coefficient (Wildman–Crippen LogP) is 12.1. The molecule has 0 spiro atoms. The monoisotopic (exact) mass is 730 g/mol. The standard InChI is InChI=1S/C44H32F6N4/c1-27-13-23-37-35(25-27)36-26-28(2)14-24-38(36)54(37)34-21-19-33(20-22-34)42(43(45,46)47,44(48,49)50)32-17-15-31(16-18-32)41-52-39(29-9-5-3-6-10-29)51-40(53-41)30-11-7-4-8-12-30/h3,5-7,9-26H,4,8H2,1-2H3. The molecule has 0 fully saturated rings. The third-order valence-corrected chi connectivity index (χ3v) is 9.98. The van der Waals surface area contributed by atoms with Crippen LogP contribution in [0.25, 0.3) is 55.8 Å². The number of rotatable bonds is 6. The molecule has 54 heavy (non-hydrogen) atoms. The van der Waals surface area contributed by atoms with Crippen LogP contribution in [-0.4, -0.2) is 31.9 Å². The van der Waals surface area contributed by atoms with E-state index in [4.69, 9.17) is 0 Å². The molecule has 8 rings (SSSR count). The number of nitrogens with zero attached hydrogens (tertiary/aromatic N) is 4. The Hall–Kier alpha value is -6.03. The number of hydrogen-bond donors (Lipinski definition) is 0. The highest BCUT2D eigenvalue weighted by molar-refractivity contribution is 6.09. The van der Waals surface area contributed by atoms with Gasteiger partial charge in [-0.05, 0) is 74.2 Å². The van der Waals surface area contributed by atoms with Gasteiger partial charge in [-0.2, -0.15) is 26.3 Å². The Labute approximate surface area is 307 Å². The highest BCUT2D eigenvalue weighted by Crippen LogP contribution is 2.56. The number of benzene rings is 5. The largest absolute Gasteiger partial charge is 0.411 e. The third-order valence-electron chi connectivity index (χ3n) is 9.98. The molecule has 4 nitrogen and oxygen atoms in total. The van der Waals surface area contributed by atoms with Crippen LogP contribution in [0.1, 0.15) is 40.9 Å². The van der Waals surface area contributed by atoms with Gasteiger partial charge in [0.25, 0.3) is 0 Å². The maximum atomic E-state index is 15.3. The molecule has 0 N–H and O–H groups in total. The van der Waals surface area contributed by atoms with Crippen LogP contribution in [0.15, 0.2) is 133 Å². The molecule has 0 saturated heterocycles. The van der Waals surface area contributed by atoms with Gasteiger partial charge in [0.05, 0.1) is 11.0 Å². The molecule has 0 radical (unpaired) electrons. The molecule has 5 aromatic carbocycles. The average Bonchev–Trinajstić information content (AvgIpc) is 3.47. The van der Waals surface area contributed by atoms with Crippen molar-refractivity contribution in [2.24, 2.45) is 0 Å². The SMILES string of the molecule is Cc1ccc2c(c1)c1cc(C)ccc1n2-c1ccc(C(c2ccc(-c3nc(C4=CCCC=C4)nc(-c4ccccc4)n3)cc2)(C(F)(F)F)C(F)(F)F)cc1. The molecular weight excluding hydrogens is 699 g/mol. The van der Waals surface area contributed by atoms with Crippen molar-refractivity contribution >= 4 is 27.4 Å². The Morgan fingerprint density at radius 2 is 1.04 bits per heavy atom. The van der Waals surface area contributed by atoms with Crippen molar-refractivity contribution in [3.05, 3.63) is 162 Å². The second-order valence-corrected chi connectivity index (χ2v) is 13.6. The molecule has 0 saturated carbocycles. The Morgan fingerprint density at radius 3 is 1.54 bits per heavy atom. The second-order valence-electron chi connectivity index (χ2n) is 13.6. The lowest BCUT2D eigenvalue weighted by atomic mass is 9.72. The molecule has 10 heteroatoms. The molecule has 270 valence electrons. The first kappa shape index (κ1) is 35.0. The maximum Gasteiger partial charge on any atom is 0.411 e. The summed E-state index contributed by atoms with van der Waals surface area (Å²) in [5, 5.41) is 1.87. The number of aromatic nitrogens is 4. The minimum atomic E-state index is -5.75. The first-order valence-electron chi connectivity index (χ1n) is 17.4. The van der Waals surface area contributed by atoms with Gasteiger partial charge in [0.2, 0.25) is 5.41 Å². The summed E-state index contributed by atoms with van der Waals surface area (Å²) in [4.78, 5) is 13.8. The molecule has 0 atom stereocenters. The van der Waals surface area contributed by atoms with Crippen molar-refractivity contribution in [2.75, 3.05) is 0 Å². The van der Waals surface area contributed by atoms with Crippen molar-refractivity contribution in [2.45, 2.75) is 44.5 Å². The fraction of sp³-hybridized carbons (Fsp3) is 0.159. The Bertz CT molecular complexity index is 2510. The van der Waals surface area contributed by atoms with Gasteiger partial charge in [-0.25, -0.2) is 15.0 Å². The number of hydrogen-bond acceptors (Lipinski definition) is 3. The fourth-order valence-corrected chi connectivity index (χ4v) is 7.37. The molecular formula is C44H32F6N4. The lowest BCUT2D eigenvalue weighted by molar-refractivity contribution is -0.288. The summed E-state index contributed by atoms with van der Waals surface area (Å²) in [6, 6.07) is 29.5. The summed E-state index contributed by atoms with van der Waals surface area (Å²) < 4.78 is 93.4. The minimum absolute atomic E-state index is 0.121. The molecule has 0 unspecified atom stereocenters. The first-order chi connectivity index (χ1) is 25.8. The number of aryl methyl sites for hydroxylation is 2. The molecule has 0 amide bonds. The van der Waals surface area contributed by atoms with E-state index >= 15 is 26.3 Å². The summed E-state index contributed by atoms with van der Waals surface area (Å²) in [5.74, 6) is 0.802. The summed E-state index contributed by atoms with van der Waals surface area (Å²) in [6.07, 6.45) is -4.02. The zero-order valence-corrected chi connectivity index (χ0v) is 29.2. The van der Waals surface area contributed by atoms with Crippen molar-refractivity contribution in [3.63, 3.8) is 0 Å². The maximum absolute atomic E-state index is 15.3. The van der Waals surface area contributed by atoms with Crippen LogP contribution in [0.4, 0.5) is 26.3 Å². The van der Waals surface area contributed by atoms with Gasteiger partial charge >= 0.3 is 12.4 Å². The summed E-state index contributed by atoms with van der Waals surface area (Å²) in [5.41, 5.74) is -0.522. The van der Waals surface area contributed by atoms with Crippen LogP contribution in [-0.2, 0) is 5.41 Å². The molecule has 0 bridgehead atoms. The van der Waals surface area contributed by atoms with E-state index in [2.05, 4.69) is 15.0 Å².